The molecule has 2 rings (SSSR count). The number of para-hydroxylation sites is 1. The Morgan fingerprint density at radius 3 is 3.00 bits per heavy atom. The fourth-order valence-electron chi connectivity index (χ4n) is 1.70. The zero-order valence-corrected chi connectivity index (χ0v) is 10.5. The van der Waals surface area contributed by atoms with Gasteiger partial charge in [0, 0.05) is 17.8 Å². The van der Waals surface area contributed by atoms with Crippen molar-refractivity contribution >= 4 is 22.7 Å². The molecule has 1 aromatic heterocycles. The maximum atomic E-state index is 12.0. The summed E-state index contributed by atoms with van der Waals surface area (Å²) in [5.74, 6) is -0.410. The second-order valence-electron chi connectivity index (χ2n) is 4.28. The van der Waals surface area contributed by atoms with Crippen LogP contribution in [-0.4, -0.2) is 23.5 Å². The first-order chi connectivity index (χ1) is 9.13. The summed E-state index contributed by atoms with van der Waals surface area (Å²) in [6.45, 7) is 2.04. The molecule has 1 unspecified atom stereocenters. The lowest BCUT2D eigenvalue weighted by molar-refractivity contribution is 0.0952. The molecule has 1 atom stereocenters. The van der Waals surface area contributed by atoms with Crippen LogP contribution in [0.5, 0.6) is 0 Å². The van der Waals surface area contributed by atoms with E-state index in [1.807, 2.05) is 18.2 Å². The van der Waals surface area contributed by atoms with Gasteiger partial charge in [-0.25, -0.2) is 0 Å². The molecular formula is C13H15N3O3. The van der Waals surface area contributed by atoms with Crippen LogP contribution in [0.3, 0.4) is 0 Å². The average Bonchev–Trinajstić information content (AvgIpc) is 2.87. The lowest BCUT2D eigenvalue weighted by Crippen LogP contribution is -2.34. The van der Waals surface area contributed by atoms with E-state index in [4.69, 9.17) is 15.4 Å². The normalized spacial score (nSPS) is 13.4. The summed E-state index contributed by atoms with van der Waals surface area (Å²) in [5.41, 5.74) is 6.58. The van der Waals surface area contributed by atoms with Gasteiger partial charge in [0.25, 0.3) is 5.91 Å². The third-order valence-electron chi connectivity index (χ3n) is 2.91. The van der Waals surface area contributed by atoms with Gasteiger partial charge >= 0.3 is 0 Å². The number of amides is 1. The van der Waals surface area contributed by atoms with Crippen LogP contribution in [0.25, 0.3) is 11.0 Å². The number of amidine groups is 1. The number of benzene rings is 1. The molecule has 0 aliphatic heterocycles. The van der Waals surface area contributed by atoms with E-state index < -0.39 is 0 Å². The molecular weight excluding hydrogens is 246 g/mol. The number of furan rings is 1. The average molecular weight is 261 g/mol. The van der Waals surface area contributed by atoms with Crippen molar-refractivity contribution < 1.29 is 14.4 Å². The highest BCUT2D eigenvalue weighted by Crippen LogP contribution is 2.20. The van der Waals surface area contributed by atoms with Gasteiger partial charge in [0.15, 0.2) is 0 Å². The van der Waals surface area contributed by atoms with Gasteiger partial charge in [0.2, 0.25) is 0 Å². The summed E-state index contributed by atoms with van der Waals surface area (Å²) < 4.78 is 5.30. The number of oxime groups is 1. The fourth-order valence-corrected chi connectivity index (χ4v) is 1.70. The molecule has 0 radical (unpaired) electrons. The molecule has 1 aromatic carbocycles. The van der Waals surface area contributed by atoms with E-state index in [-0.39, 0.29) is 24.2 Å². The summed E-state index contributed by atoms with van der Waals surface area (Å²) in [5, 5.41) is 14.9. The summed E-state index contributed by atoms with van der Waals surface area (Å²) in [6, 6.07) is 7.30. The van der Waals surface area contributed by atoms with E-state index >= 15 is 0 Å². The van der Waals surface area contributed by atoms with Gasteiger partial charge < -0.3 is 20.7 Å². The van der Waals surface area contributed by atoms with Crippen molar-refractivity contribution in [3.63, 3.8) is 0 Å². The van der Waals surface area contributed by atoms with Gasteiger partial charge in [-0.3, -0.25) is 4.79 Å². The van der Waals surface area contributed by atoms with Crippen LogP contribution >= 0.6 is 0 Å². The first-order valence-corrected chi connectivity index (χ1v) is 5.85. The molecule has 1 heterocycles. The Bertz CT molecular complexity index is 618. The van der Waals surface area contributed by atoms with Crippen LogP contribution in [0.4, 0.5) is 0 Å². The first kappa shape index (κ1) is 12.9. The molecule has 4 N–H and O–H groups in total. The van der Waals surface area contributed by atoms with Crippen molar-refractivity contribution in [2.45, 2.75) is 6.92 Å². The van der Waals surface area contributed by atoms with Crippen molar-refractivity contribution in [2.75, 3.05) is 6.54 Å². The third kappa shape index (κ3) is 2.67. The van der Waals surface area contributed by atoms with Crippen LogP contribution in [0.15, 0.2) is 40.1 Å². The molecule has 6 nitrogen and oxygen atoms in total. The Hall–Kier alpha value is -2.50. The van der Waals surface area contributed by atoms with Gasteiger partial charge in [0.05, 0.1) is 5.56 Å². The summed E-state index contributed by atoms with van der Waals surface area (Å²) in [4.78, 5) is 12.0. The van der Waals surface area contributed by atoms with E-state index in [9.17, 15) is 4.79 Å². The highest BCUT2D eigenvalue weighted by Gasteiger charge is 2.15. The van der Waals surface area contributed by atoms with Gasteiger partial charge in [-0.2, -0.15) is 0 Å². The molecule has 100 valence electrons. The van der Waals surface area contributed by atoms with Crippen LogP contribution in [0, 0.1) is 5.92 Å². The van der Waals surface area contributed by atoms with Crippen LogP contribution < -0.4 is 11.1 Å². The molecule has 0 aliphatic rings. The quantitative estimate of drug-likeness (QED) is 0.336. The number of hydrogen-bond acceptors (Lipinski definition) is 4. The summed E-state index contributed by atoms with van der Waals surface area (Å²) in [6.07, 6.45) is 1.42. The van der Waals surface area contributed by atoms with Gasteiger partial charge in [-0.1, -0.05) is 30.3 Å². The molecule has 19 heavy (non-hydrogen) atoms. The Balaban J connectivity index is 2.08. The highest BCUT2D eigenvalue weighted by molar-refractivity contribution is 6.06. The predicted octanol–water partition coefficient (Wildman–Crippen LogP) is 1.55. The van der Waals surface area contributed by atoms with Crippen LogP contribution in [-0.2, 0) is 0 Å². The van der Waals surface area contributed by atoms with E-state index in [0.717, 1.165) is 5.39 Å². The van der Waals surface area contributed by atoms with E-state index in [2.05, 4.69) is 10.5 Å². The second kappa shape index (κ2) is 5.43. The molecule has 0 aliphatic carbocycles. The number of carbonyl (C=O) groups excluding carboxylic acids is 1. The molecule has 2 aromatic rings. The molecule has 0 spiro atoms. The fraction of sp³-hybridized carbons (Fsp3) is 0.231. The third-order valence-corrected chi connectivity index (χ3v) is 2.91. The zero-order chi connectivity index (χ0) is 13.8. The maximum Gasteiger partial charge on any atom is 0.255 e. The molecule has 0 saturated carbocycles. The van der Waals surface area contributed by atoms with Gasteiger partial charge in [0.1, 0.15) is 17.7 Å². The predicted molar refractivity (Wildman–Crippen MR) is 71.1 cm³/mol. The molecule has 1 amide bonds. The topological polar surface area (TPSA) is 101 Å². The minimum Gasteiger partial charge on any atom is -0.463 e. The Kier molecular flexibility index (Phi) is 3.70. The summed E-state index contributed by atoms with van der Waals surface area (Å²) in [7, 11) is 0. The minimum absolute atomic E-state index is 0.0809. The summed E-state index contributed by atoms with van der Waals surface area (Å²) >= 11 is 0. The van der Waals surface area contributed by atoms with Crippen molar-refractivity contribution in [3.8, 4) is 0 Å². The Morgan fingerprint density at radius 1 is 1.53 bits per heavy atom. The lowest BCUT2D eigenvalue weighted by atomic mass is 10.1. The smallest absolute Gasteiger partial charge is 0.255 e. The van der Waals surface area contributed by atoms with Crippen molar-refractivity contribution in [2.24, 2.45) is 16.8 Å². The number of nitrogens with zero attached hydrogens (tertiary/aromatic N) is 1. The Labute approximate surface area is 109 Å². The number of rotatable bonds is 4. The van der Waals surface area contributed by atoms with Crippen molar-refractivity contribution in [3.05, 3.63) is 36.1 Å². The van der Waals surface area contributed by atoms with Crippen LogP contribution in [0.2, 0.25) is 0 Å². The maximum absolute atomic E-state index is 12.0. The highest BCUT2D eigenvalue weighted by atomic mass is 16.4. The Morgan fingerprint density at radius 2 is 2.26 bits per heavy atom. The van der Waals surface area contributed by atoms with Crippen molar-refractivity contribution in [1.29, 1.82) is 0 Å². The van der Waals surface area contributed by atoms with E-state index in [0.29, 0.717) is 11.1 Å². The standard InChI is InChI=1S/C13H15N3O3/c1-8(12(14)16-18)6-15-13(17)10-7-19-11-5-3-2-4-9(10)11/h2-5,7-8,18H,6H2,1H3,(H2,14,16)(H,15,17). The molecule has 0 bridgehead atoms. The number of hydrogen-bond donors (Lipinski definition) is 3. The lowest BCUT2D eigenvalue weighted by Gasteiger charge is -2.10. The van der Waals surface area contributed by atoms with E-state index in [1.54, 1.807) is 13.0 Å². The van der Waals surface area contributed by atoms with Gasteiger partial charge in [-0.05, 0) is 6.07 Å². The molecule has 0 fully saturated rings. The number of carbonyl (C=O) groups is 1. The SMILES string of the molecule is CC(CNC(=O)c1coc2ccccc12)C(N)=NO. The largest absolute Gasteiger partial charge is 0.463 e. The van der Waals surface area contributed by atoms with Gasteiger partial charge in [-0.15, -0.1) is 0 Å². The minimum atomic E-state index is -0.248. The number of fused-ring (bicyclic) bond motifs is 1. The van der Waals surface area contributed by atoms with Crippen molar-refractivity contribution in [1.82, 2.24) is 5.32 Å². The number of nitrogens with one attached hydrogen (secondary N) is 1. The second-order valence-corrected chi connectivity index (χ2v) is 4.28. The molecule has 6 heteroatoms. The first-order valence-electron chi connectivity index (χ1n) is 5.85. The zero-order valence-electron chi connectivity index (χ0n) is 10.5. The van der Waals surface area contributed by atoms with Crippen LogP contribution in [0.1, 0.15) is 17.3 Å². The van der Waals surface area contributed by atoms with E-state index in [1.165, 1.54) is 6.26 Å². The molecule has 0 saturated heterocycles. The monoisotopic (exact) mass is 261 g/mol. The number of nitrogens with two attached hydrogens (primary N) is 1.